The summed E-state index contributed by atoms with van der Waals surface area (Å²) >= 11 is 0. The Morgan fingerprint density at radius 3 is 2.29 bits per heavy atom. The zero-order chi connectivity index (χ0) is 19.5. The number of imide groups is 1. The molecule has 2 aromatic carbocycles. The molecule has 0 unspecified atom stereocenters. The minimum atomic E-state index is -0.332. The van der Waals surface area contributed by atoms with E-state index >= 15 is 0 Å². The number of amides is 3. The van der Waals surface area contributed by atoms with Crippen molar-refractivity contribution in [3.05, 3.63) is 59.7 Å². The number of fused-ring (bicyclic) bond motifs is 1. The van der Waals surface area contributed by atoms with Crippen LogP contribution >= 0.6 is 0 Å². The van der Waals surface area contributed by atoms with Gasteiger partial charge in [-0.15, -0.1) is 0 Å². The van der Waals surface area contributed by atoms with E-state index < -0.39 is 0 Å². The number of carbonyl (C=O) groups is 3. The van der Waals surface area contributed by atoms with Gasteiger partial charge < -0.3 is 5.32 Å². The molecule has 0 saturated heterocycles. The van der Waals surface area contributed by atoms with Gasteiger partial charge in [-0.2, -0.15) is 0 Å². The Morgan fingerprint density at radius 1 is 0.929 bits per heavy atom. The van der Waals surface area contributed by atoms with E-state index in [0.717, 1.165) is 6.42 Å². The van der Waals surface area contributed by atoms with Crippen LogP contribution in [-0.2, 0) is 4.79 Å². The summed E-state index contributed by atoms with van der Waals surface area (Å²) in [5, 5.41) is 2.91. The van der Waals surface area contributed by atoms with Crippen LogP contribution in [0.15, 0.2) is 48.5 Å². The Morgan fingerprint density at radius 2 is 1.61 bits per heavy atom. The molecule has 3 amide bonds. The zero-order valence-electron chi connectivity index (χ0n) is 15.8. The number of carbonyl (C=O) groups excluding carboxylic acids is 3. The van der Waals surface area contributed by atoms with Gasteiger partial charge in [-0.25, -0.2) is 4.90 Å². The van der Waals surface area contributed by atoms with E-state index in [1.165, 1.54) is 37.0 Å². The number of anilines is 2. The first-order valence-electron chi connectivity index (χ1n) is 10.0. The first-order chi connectivity index (χ1) is 13.6. The van der Waals surface area contributed by atoms with E-state index in [1.807, 2.05) is 0 Å². The molecule has 5 nitrogen and oxygen atoms in total. The second kappa shape index (κ2) is 7.97. The lowest BCUT2D eigenvalue weighted by Gasteiger charge is -2.21. The molecular weight excluding hydrogens is 352 g/mol. The summed E-state index contributed by atoms with van der Waals surface area (Å²) in [6, 6.07) is 13.7. The lowest BCUT2D eigenvalue weighted by atomic mass is 9.86. The molecule has 0 spiro atoms. The standard InChI is InChI=1S/C23H24N2O3/c26-21(14-13-16-7-2-1-3-8-16)24-17-9-6-10-18(15-17)25-22(27)19-11-4-5-12-20(19)23(25)28/h4-6,9-12,15-16H,1-3,7-8,13-14H2,(H,24,26). The second-order valence-corrected chi connectivity index (χ2v) is 7.63. The Hall–Kier alpha value is -2.95. The maximum atomic E-state index is 12.6. The molecule has 1 saturated carbocycles. The molecule has 28 heavy (non-hydrogen) atoms. The van der Waals surface area contributed by atoms with Gasteiger partial charge in [0.15, 0.2) is 0 Å². The number of benzene rings is 2. The summed E-state index contributed by atoms with van der Waals surface area (Å²) in [7, 11) is 0. The van der Waals surface area contributed by atoms with Gasteiger partial charge in [0.05, 0.1) is 16.8 Å². The first kappa shape index (κ1) is 18.4. The third-order valence-corrected chi connectivity index (χ3v) is 5.69. The van der Waals surface area contributed by atoms with Crippen LogP contribution in [0.5, 0.6) is 0 Å². The number of nitrogens with zero attached hydrogens (tertiary/aromatic N) is 1. The van der Waals surface area contributed by atoms with Crippen molar-refractivity contribution in [3.8, 4) is 0 Å². The van der Waals surface area contributed by atoms with Crippen molar-refractivity contribution in [2.24, 2.45) is 5.92 Å². The maximum Gasteiger partial charge on any atom is 0.266 e. The van der Waals surface area contributed by atoms with Crippen molar-refractivity contribution in [2.45, 2.75) is 44.9 Å². The van der Waals surface area contributed by atoms with Crippen LogP contribution in [0.1, 0.15) is 65.7 Å². The van der Waals surface area contributed by atoms with Crippen molar-refractivity contribution >= 4 is 29.1 Å². The van der Waals surface area contributed by atoms with Crippen molar-refractivity contribution in [2.75, 3.05) is 10.2 Å². The third-order valence-electron chi connectivity index (χ3n) is 5.69. The molecule has 2 aliphatic rings. The summed E-state index contributed by atoms with van der Waals surface area (Å²) in [5.74, 6) is -0.0305. The van der Waals surface area contributed by atoms with Gasteiger partial charge >= 0.3 is 0 Å². The van der Waals surface area contributed by atoms with Gasteiger partial charge in [0, 0.05) is 12.1 Å². The maximum absolute atomic E-state index is 12.6. The van der Waals surface area contributed by atoms with E-state index in [0.29, 0.717) is 34.8 Å². The molecule has 5 heteroatoms. The fourth-order valence-corrected chi connectivity index (χ4v) is 4.18. The summed E-state index contributed by atoms with van der Waals surface area (Å²) < 4.78 is 0. The highest BCUT2D eigenvalue weighted by Gasteiger charge is 2.36. The minimum Gasteiger partial charge on any atom is -0.326 e. The minimum absolute atomic E-state index is 0.0231. The van der Waals surface area contributed by atoms with Crippen LogP contribution in [-0.4, -0.2) is 17.7 Å². The normalized spacial score (nSPS) is 16.9. The van der Waals surface area contributed by atoms with Crippen LogP contribution in [0.25, 0.3) is 0 Å². The summed E-state index contributed by atoms with van der Waals surface area (Å²) in [5.41, 5.74) is 1.89. The van der Waals surface area contributed by atoms with E-state index in [4.69, 9.17) is 0 Å². The lowest BCUT2D eigenvalue weighted by Crippen LogP contribution is -2.29. The third kappa shape index (κ3) is 3.70. The van der Waals surface area contributed by atoms with E-state index in [9.17, 15) is 14.4 Å². The van der Waals surface area contributed by atoms with Gasteiger partial charge in [0.1, 0.15) is 0 Å². The average molecular weight is 376 g/mol. The fraction of sp³-hybridized carbons (Fsp3) is 0.348. The molecule has 1 N–H and O–H groups in total. The molecule has 4 rings (SSSR count). The van der Waals surface area contributed by atoms with Gasteiger partial charge in [0.2, 0.25) is 5.91 Å². The summed E-state index contributed by atoms with van der Waals surface area (Å²) in [6.07, 6.45) is 7.73. The van der Waals surface area contributed by atoms with Crippen LogP contribution < -0.4 is 10.2 Å². The molecule has 0 bridgehead atoms. The van der Waals surface area contributed by atoms with E-state index in [1.54, 1.807) is 48.5 Å². The Bertz CT molecular complexity index is 881. The quantitative estimate of drug-likeness (QED) is 0.763. The van der Waals surface area contributed by atoms with Crippen LogP contribution in [0.3, 0.4) is 0 Å². The average Bonchev–Trinajstić information content (AvgIpc) is 2.98. The highest BCUT2D eigenvalue weighted by Crippen LogP contribution is 2.30. The highest BCUT2D eigenvalue weighted by atomic mass is 16.2. The molecule has 0 aromatic heterocycles. The smallest absolute Gasteiger partial charge is 0.266 e. The largest absolute Gasteiger partial charge is 0.326 e. The molecule has 1 aliphatic carbocycles. The highest BCUT2D eigenvalue weighted by molar-refractivity contribution is 6.34. The molecule has 144 valence electrons. The van der Waals surface area contributed by atoms with Gasteiger partial charge in [0.25, 0.3) is 11.8 Å². The summed E-state index contributed by atoms with van der Waals surface area (Å²) in [4.78, 5) is 38.8. The van der Waals surface area contributed by atoms with Crippen molar-refractivity contribution in [1.29, 1.82) is 0 Å². The number of rotatable bonds is 5. The zero-order valence-corrected chi connectivity index (χ0v) is 15.8. The monoisotopic (exact) mass is 376 g/mol. The molecule has 1 aliphatic heterocycles. The van der Waals surface area contributed by atoms with Gasteiger partial charge in [-0.3, -0.25) is 14.4 Å². The molecule has 0 radical (unpaired) electrons. The van der Waals surface area contributed by atoms with Gasteiger partial charge in [-0.1, -0.05) is 50.3 Å². The Kier molecular flexibility index (Phi) is 5.24. The second-order valence-electron chi connectivity index (χ2n) is 7.63. The number of hydrogen-bond donors (Lipinski definition) is 1. The predicted octanol–water partition coefficient (Wildman–Crippen LogP) is 4.79. The Balaban J connectivity index is 1.43. The van der Waals surface area contributed by atoms with Crippen molar-refractivity contribution in [3.63, 3.8) is 0 Å². The SMILES string of the molecule is O=C(CCC1CCCCC1)Nc1cccc(N2C(=O)c3ccccc3C2=O)c1. The molecule has 1 fully saturated rings. The van der Waals surface area contributed by atoms with Crippen LogP contribution in [0, 0.1) is 5.92 Å². The molecule has 2 aromatic rings. The molecule has 0 atom stereocenters. The Labute approximate surface area is 164 Å². The lowest BCUT2D eigenvalue weighted by molar-refractivity contribution is -0.116. The topological polar surface area (TPSA) is 66.5 Å². The number of hydrogen-bond acceptors (Lipinski definition) is 3. The fourth-order valence-electron chi connectivity index (χ4n) is 4.18. The molecule has 1 heterocycles. The van der Waals surface area contributed by atoms with Crippen LogP contribution in [0.2, 0.25) is 0 Å². The first-order valence-corrected chi connectivity index (χ1v) is 10.0. The number of nitrogens with one attached hydrogen (secondary N) is 1. The van der Waals surface area contributed by atoms with Gasteiger partial charge in [-0.05, 0) is 42.7 Å². The van der Waals surface area contributed by atoms with Crippen LogP contribution in [0.4, 0.5) is 11.4 Å². The molecular formula is C23H24N2O3. The van der Waals surface area contributed by atoms with Crippen molar-refractivity contribution < 1.29 is 14.4 Å². The predicted molar refractivity (Wildman–Crippen MR) is 108 cm³/mol. The van der Waals surface area contributed by atoms with Crippen molar-refractivity contribution in [1.82, 2.24) is 0 Å². The summed E-state index contributed by atoms with van der Waals surface area (Å²) in [6.45, 7) is 0. The van der Waals surface area contributed by atoms with E-state index in [2.05, 4.69) is 5.32 Å². The van der Waals surface area contributed by atoms with E-state index in [-0.39, 0.29) is 17.7 Å².